The molecule has 1 aromatic rings. The van der Waals surface area contributed by atoms with Gasteiger partial charge in [0.25, 0.3) is 0 Å². The van der Waals surface area contributed by atoms with Crippen molar-refractivity contribution >= 4 is 21.7 Å². The topological polar surface area (TPSA) is 87.7 Å². The van der Waals surface area contributed by atoms with Crippen LogP contribution in [0.4, 0.5) is 23.7 Å². The molecule has 0 aromatic heterocycles. The van der Waals surface area contributed by atoms with Crippen LogP contribution in [0.5, 0.6) is 5.75 Å². The Morgan fingerprint density at radius 1 is 1.35 bits per heavy atom. The van der Waals surface area contributed by atoms with Crippen LogP contribution in [0.3, 0.4) is 0 Å². The summed E-state index contributed by atoms with van der Waals surface area (Å²) in [7, 11) is -2.19. The minimum absolute atomic E-state index is 0.0192. The summed E-state index contributed by atoms with van der Waals surface area (Å²) < 4.78 is 69.5. The molecule has 1 saturated heterocycles. The zero-order chi connectivity index (χ0) is 19.5. The first-order chi connectivity index (χ1) is 12.0. The molecular formula is C15H20F3N3O4S. The number of rotatable bonds is 4. The van der Waals surface area contributed by atoms with E-state index in [4.69, 9.17) is 4.74 Å². The Kier molecular flexibility index (Phi) is 6.02. The Morgan fingerprint density at radius 2 is 2.04 bits per heavy atom. The van der Waals surface area contributed by atoms with E-state index in [2.05, 4.69) is 10.0 Å². The van der Waals surface area contributed by atoms with Crippen LogP contribution in [0.15, 0.2) is 18.2 Å². The first-order valence-electron chi connectivity index (χ1n) is 7.78. The van der Waals surface area contributed by atoms with Gasteiger partial charge in [0.05, 0.1) is 24.6 Å². The molecule has 1 unspecified atom stereocenters. The summed E-state index contributed by atoms with van der Waals surface area (Å²) in [5, 5.41) is 2.26. The maximum atomic E-state index is 13.2. The van der Waals surface area contributed by atoms with Gasteiger partial charge in [-0.2, -0.15) is 13.2 Å². The highest BCUT2D eigenvalue weighted by Crippen LogP contribution is 2.37. The van der Waals surface area contributed by atoms with Gasteiger partial charge in [0, 0.05) is 19.1 Å². The lowest BCUT2D eigenvalue weighted by molar-refractivity contribution is -0.137. The maximum Gasteiger partial charge on any atom is 0.418 e. The average Bonchev–Trinajstić information content (AvgIpc) is 2.52. The van der Waals surface area contributed by atoms with Crippen molar-refractivity contribution in [3.05, 3.63) is 23.8 Å². The van der Waals surface area contributed by atoms with Crippen LogP contribution in [0, 0.1) is 0 Å². The van der Waals surface area contributed by atoms with Crippen molar-refractivity contribution in [2.24, 2.45) is 0 Å². The summed E-state index contributed by atoms with van der Waals surface area (Å²) in [6.07, 6.45) is -2.57. The van der Waals surface area contributed by atoms with E-state index < -0.39 is 33.8 Å². The lowest BCUT2D eigenvalue weighted by atomic mass is 10.1. The first kappa shape index (κ1) is 20.3. The summed E-state index contributed by atoms with van der Waals surface area (Å²) in [6.45, 7) is 0.404. The van der Waals surface area contributed by atoms with Crippen LogP contribution in [0.2, 0.25) is 0 Å². The van der Waals surface area contributed by atoms with Crippen LogP contribution in [0.25, 0.3) is 0 Å². The third-order valence-electron chi connectivity index (χ3n) is 3.86. The quantitative estimate of drug-likeness (QED) is 0.819. The molecule has 0 bridgehead atoms. The largest absolute Gasteiger partial charge is 0.497 e. The molecule has 11 heteroatoms. The number of piperidine rings is 1. The van der Waals surface area contributed by atoms with Crippen LogP contribution >= 0.6 is 0 Å². The van der Waals surface area contributed by atoms with Crippen molar-refractivity contribution in [3.8, 4) is 5.75 Å². The summed E-state index contributed by atoms with van der Waals surface area (Å²) in [6, 6.07) is 2.05. The molecule has 1 aliphatic rings. The second-order valence-electron chi connectivity index (χ2n) is 6.01. The highest BCUT2D eigenvalue weighted by molar-refractivity contribution is 7.88. The number of ether oxygens (including phenoxy) is 1. The number of anilines is 1. The third kappa shape index (κ3) is 5.49. The Bertz CT molecular complexity index is 768. The predicted molar refractivity (Wildman–Crippen MR) is 89.6 cm³/mol. The van der Waals surface area contributed by atoms with Crippen LogP contribution < -0.4 is 14.8 Å². The molecule has 1 atom stereocenters. The number of hydrogen-bond acceptors (Lipinski definition) is 4. The monoisotopic (exact) mass is 395 g/mol. The second kappa shape index (κ2) is 7.70. The number of likely N-dealkylation sites (tertiary alicyclic amines) is 1. The van der Waals surface area contributed by atoms with Crippen LogP contribution in [-0.2, 0) is 16.2 Å². The molecule has 0 aliphatic carbocycles. The molecule has 2 N–H and O–H groups in total. The van der Waals surface area contributed by atoms with Crippen molar-refractivity contribution in [3.63, 3.8) is 0 Å². The normalized spacial score (nSPS) is 18.5. The summed E-state index contributed by atoms with van der Waals surface area (Å²) >= 11 is 0. The van der Waals surface area contributed by atoms with E-state index in [0.717, 1.165) is 18.4 Å². The average molecular weight is 395 g/mol. The highest BCUT2D eigenvalue weighted by atomic mass is 32.2. The minimum atomic E-state index is -4.67. The molecule has 1 aromatic carbocycles. The summed E-state index contributed by atoms with van der Waals surface area (Å²) in [5.41, 5.74) is -1.41. The molecule has 0 saturated carbocycles. The number of amides is 2. The number of nitrogens with one attached hydrogen (secondary N) is 2. The van der Waals surface area contributed by atoms with Gasteiger partial charge in [-0.3, -0.25) is 0 Å². The van der Waals surface area contributed by atoms with E-state index in [0.29, 0.717) is 19.4 Å². The Hall–Kier alpha value is -2.01. The Morgan fingerprint density at radius 3 is 2.62 bits per heavy atom. The molecule has 0 spiro atoms. The molecular weight excluding hydrogens is 375 g/mol. The van der Waals surface area contributed by atoms with E-state index in [1.165, 1.54) is 18.1 Å². The number of carbonyl (C=O) groups excluding carboxylic acids is 1. The van der Waals surface area contributed by atoms with Crippen molar-refractivity contribution in [1.29, 1.82) is 0 Å². The number of methoxy groups -OCH3 is 1. The highest BCUT2D eigenvalue weighted by Gasteiger charge is 2.35. The van der Waals surface area contributed by atoms with Gasteiger partial charge in [-0.25, -0.2) is 17.9 Å². The number of carbonyl (C=O) groups is 1. The standard InChI is InChI=1S/C15H20F3N3O4S/c1-25-11-5-6-13(12(8-11)15(16,17)18)19-14(22)21-7-3-4-10(9-21)20-26(2,23)24/h5-6,8,10,20H,3-4,7,9H2,1-2H3,(H,19,22). The van der Waals surface area contributed by atoms with Crippen molar-refractivity contribution < 1.29 is 31.1 Å². The molecule has 0 radical (unpaired) electrons. The van der Waals surface area contributed by atoms with Gasteiger partial charge in [0.1, 0.15) is 5.75 Å². The van der Waals surface area contributed by atoms with Crippen molar-refractivity contribution in [1.82, 2.24) is 9.62 Å². The molecule has 26 heavy (non-hydrogen) atoms. The molecule has 1 aliphatic heterocycles. The van der Waals surface area contributed by atoms with Gasteiger partial charge in [0.2, 0.25) is 10.0 Å². The zero-order valence-electron chi connectivity index (χ0n) is 14.3. The molecule has 146 valence electrons. The van der Waals surface area contributed by atoms with E-state index in [9.17, 15) is 26.4 Å². The molecule has 7 nitrogen and oxygen atoms in total. The lowest BCUT2D eigenvalue weighted by Crippen LogP contribution is -2.50. The van der Waals surface area contributed by atoms with Crippen molar-refractivity contribution in [2.75, 3.05) is 31.8 Å². The number of halogens is 3. The summed E-state index contributed by atoms with van der Waals surface area (Å²) in [4.78, 5) is 13.6. The smallest absolute Gasteiger partial charge is 0.418 e. The number of hydrogen-bond donors (Lipinski definition) is 2. The zero-order valence-corrected chi connectivity index (χ0v) is 15.1. The molecule has 1 fully saturated rings. The van der Waals surface area contributed by atoms with Crippen LogP contribution in [0.1, 0.15) is 18.4 Å². The molecule has 2 amide bonds. The van der Waals surface area contributed by atoms with Gasteiger partial charge in [-0.1, -0.05) is 0 Å². The van der Waals surface area contributed by atoms with Gasteiger partial charge >= 0.3 is 12.2 Å². The second-order valence-corrected chi connectivity index (χ2v) is 7.79. The third-order valence-corrected chi connectivity index (χ3v) is 4.62. The van der Waals surface area contributed by atoms with E-state index in [1.54, 1.807) is 0 Å². The maximum absolute atomic E-state index is 13.2. The fourth-order valence-electron chi connectivity index (χ4n) is 2.75. The van der Waals surface area contributed by atoms with Gasteiger partial charge < -0.3 is 15.0 Å². The minimum Gasteiger partial charge on any atom is -0.497 e. The van der Waals surface area contributed by atoms with Crippen LogP contribution in [-0.4, -0.2) is 51.8 Å². The Balaban J connectivity index is 2.14. The number of nitrogens with zero attached hydrogens (tertiary/aromatic N) is 1. The van der Waals surface area contributed by atoms with E-state index >= 15 is 0 Å². The van der Waals surface area contributed by atoms with Gasteiger partial charge in [-0.05, 0) is 31.0 Å². The Labute approximate surface area is 149 Å². The lowest BCUT2D eigenvalue weighted by Gasteiger charge is -2.33. The van der Waals surface area contributed by atoms with E-state index in [1.807, 2.05) is 0 Å². The van der Waals surface area contributed by atoms with E-state index in [-0.39, 0.29) is 18.0 Å². The first-order valence-corrected chi connectivity index (χ1v) is 9.67. The number of sulfonamides is 1. The fraction of sp³-hybridized carbons (Fsp3) is 0.533. The van der Waals surface area contributed by atoms with Gasteiger partial charge in [-0.15, -0.1) is 0 Å². The van der Waals surface area contributed by atoms with Gasteiger partial charge in [0.15, 0.2) is 0 Å². The van der Waals surface area contributed by atoms with Crippen molar-refractivity contribution in [2.45, 2.75) is 25.1 Å². The summed E-state index contributed by atoms with van der Waals surface area (Å²) in [5.74, 6) is 0.0192. The molecule has 2 rings (SSSR count). The SMILES string of the molecule is COc1ccc(NC(=O)N2CCCC(NS(C)(=O)=O)C2)c(C(F)(F)F)c1. The number of urea groups is 1. The number of alkyl halides is 3. The number of benzene rings is 1. The fourth-order valence-corrected chi connectivity index (χ4v) is 3.55. The molecule has 1 heterocycles. The predicted octanol–water partition coefficient (Wildman–Crippen LogP) is 2.26.